The average molecular weight is 219 g/mol. The number of rotatable bonds is 5. The normalized spacial score (nSPS) is 11.2. The zero-order valence-corrected chi connectivity index (χ0v) is 9.60. The van der Waals surface area contributed by atoms with Crippen LogP contribution in [0.5, 0.6) is 0 Å². The van der Waals surface area contributed by atoms with Gasteiger partial charge in [0.1, 0.15) is 0 Å². The van der Waals surface area contributed by atoms with Crippen LogP contribution < -0.4 is 5.32 Å². The molecule has 0 saturated heterocycles. The molecule has 0 heterocycles. The maximum Gasteiger partial charge on any atom is 0.328 e. The van der Waals surface area contributed by atoms with Gasteiger partial charge in [-0.2, -0.15) is 0 Å². The fourth-order valence-electron chi connectivity index (χ4n) is 1.24. The number of benzene rings is 1. The maximum atomic E-state index is 10.3. The number of nitrogens with one attached hydrogen (secondary N) is 1. The fraction of sp³-hybridized carbons (Fsp3) is 0.308. The molecule has 0 saturated carbocycles. The van der Waals surface area contributed by atoms with Crippen LogP contribution in [0, 0.1) is 0 Å². The molecule has 86 valence electrons. The molecular formula is C13H17NO2. The van der Waals surface area contributed by atoms with Crippen LogP contribution in [0.4, 0.5) is 0 Å². The van der Waals surface area contributed by atoms with E-state index in [0.717, 1.165) is 18.2 Å². The van der Waals surface area contributed by atoms with Crippen molar-refractivity contribution in [3.63, 3.8) is 0 Å². The average Bonchev–Trinajstić information content (AvgIpc) is 2.25. The SMILES string of the molecule is CC(C)NCc1ccc(/C=C\C(=O)O)cc1. The van der Waals surface area contributed by atoms with Crippen molar-refractivity contribution in [2.45, 2.75) is 26.4 Å². The van der Waals surface area contributed by atoms with Gasteiger partial charge in [-0.25, -0.2) is 4.79 Å². The molecule has 0 aliphatic carbocycles. The van der Waals surface area contributed by atoms with Crippen molar-refractivity contribution in [3.8, 4) is 0 Å². The van der Waals surface area contributed by atoms with Crippen LogP contribution in [-0.2, 0) is 11.3 Å². The van der Waals surface area contributed by atoms with Gasteiger partial charge in [-0.3, -0.25) is 0 Å². The highest BCUT2D eigenvalue weighted by Crippen LogP contribution is 2.06. The second-order valence-corrected chi connectivity index (χ2v) is 3.95. The molecule has 3 nitrogen and oxygen atoms in total. The Hall–Kier alpha value is -1.61. The lowest BCUT2D eigenvalue weighted by Crippen LogP contribution is -2.21. The second kappa shape index (κ2) is 6.08. The summed E-state index contributed by atoms with van der Waals surface area (Å²) in [6.07, 6.45) is 2.73. The molecule has 1 aromatic rings. The van der Waals surface area contributed by atoms with Gasteiger partial charge in [0.25, 0.3) is 0 Å². The second-order valence-electron chi connectivity index (χ2n) is 3.95. The Bertz CT molecular complexity index is 366. The van der Waals surface area contributed by atoms with Gasteiger partial charge in [0, 0.05) is 18.7 Å². The van der Waals surface area contributed by atoms with Crippen molar-refractivity contribution in [1.82, 2.24) is 5.32 Å². The highest BCUT2D eigenvalue weighted by Gasteiger charge is 1.95. The van der Waals surface area contributed by atoms with E-state index in [1.807, 2.05) is 24.3 Å². The van der Waals surface area contributed by atoms with E-state index in [9.17, 15) is 4.79 Å². The van der Waals surface area contributed by atoms with Crippen LogP contribution in [0.25, 0.3) is 6.08 Å². The third-order valence-corrected chi connectivity index (χ3v) is 2.11. The Labute approximate surface area is 95.8 Å². The molecule has 0 radical (unpaired) electrons. The minimum Gasteiger partial charge on any atom is -0.478 e. The first-order valence-electron chi connectivity index (χ1n) is 5.31. The van der Waals surface area contributed by atoms with Crippen LogP contribution in [-0.4, -0.2) is 17.1 Å². The molecule has 0 fully saturated rings. The maximum absolute atomic E-state index is 10.3. The molecule has 0 spiro atoms. The smallest absolute Gasteiger partial charge is 0.328 e. The van der Waals surface area contributed by atoms with Crippen LogP contribution in [0.3, 0.4) is 0 Å². The first-order chi connectivity index (χ1) is 7.58. The van der Waals surface area contributed by atoms with E-state index >= 15 is 0 Å². The van der Waals surface area contributed by atoms with E-state index < -0.39 is 5.97 Å². The first-order valence-corrected chi connectivity index (χ1v) is 5.31. The zero-order valence-electron chi connectivity index (χ0n) is 9.60. The minimum atomic E-state index is -0.925. The molecule has 1 rings (SSSR count). The summed E-state index contributed by atoms with van der Waals surface area (Å²) in [6.45, 7) is 5.04. The molecule has 1 aromatic carbocycles. The van der Waals surface area contributed by atoms with Crippen molar-refractivity contribution < 1.29 is 9.90 Å². The number of aliphatic carboxylic acids is 1. The molecule has 0 aliphatic heterocycles. The van der Waals surface area contributed by atoms with Gasteiger partial charge in [0.15, 0.2) is 0 Å². The van der Waals surface area contributed by atoms with Crippen LogP contribution in [0.2, 0.25) is 0 Å². The summed E-state index contributed by atoms with van der Waals surface area (Å²) < 4.78 is 0. The summed E-state index contributed by atoms with van der Waals surface area (Å²) in [4.78, 5) is 10.3. The zero-order chi connectivity index (χ0) is 12.0. The Kier molecular flexibility index (Phi) is 4.73. The Morgan fingerprint density at radius 3 is 2.50 bits per heavy atom. The largest absolute Gasteiger partial charge is 0.478 e. The van der Waals surface area contributed by atoms with E-state index in [2.05, 4.69) is 19.2 Å². The first kappa shape index (κ1) is 12.5. The Morgan fingerprint density at radius 1 is 1.38 bits per heavy atom. The van der Waals surface area contributed by atoms with E-state index in [4.69, 9.17) is 5.11 Å². The van der Waals surface area contributed by atoms with Gasteiger partial charge in [-0.1, -0.05) is 38.1 Å². The predicted octanol–water partition coefficient (Wildman–Crippen LogP) is 2.28. The summed E-state index contributed by atoms with van der Waals surface area (Å²) in [5.74, 6) is -0.925. The summed E-state index contributed by atoms with van der Waals surface area (Å²) in [6, 6.07) is 8.29. The molecule has 0 amide bonds. The molecular weight excluding hydrogens is 202 g/mol. The van der Waals surface area contributed by atoms with Crippen LogP contribution >= 0.6 is 0 Å². The molecule has 0 aliphatic rings. The topological polar surface area (TPSA) is 49.3 Å². The lowest BCUT2D eigenvalue weighted by atomic mass is 10.1. The molecule has 0 bridgehead atoms. The lowest BCUT2D eigenvalue weighted by Gasteiger charge is -2.07. The van der Waals surface area contributed by atoms with Crippen LogP contribution in [0.15, 0.2) is 30.3 Å². The van der Waals surface area contributed by atoms with Crippen molar-refractivity contribution in [3.05, 3.63) is 41.5 Å². The molecule has 3 heteroatoms. The van der Waals surface area contributed by atoms with Gasteiger partial charge in [0.2, 0.25) is 0 Å². The molecule has 2 N–H and O–H groups in total. The monoisotopic (exact) mass is 219 g/mol. The van der Waals surface area contributed by atoms with E-state index in [1.54, 1.807) is 6.08 Å². The van der Waals surface area contributed by atoms with Gasteiger partial charge >= 0.3 is 5.97 Å². The van der Waals surface area contributed by atoms with Crippen molar-refractivity contribution in [1.29, 1.82) is 0 Å². The Balaban J connectivity index is 2.57. The predicted molar refractivity (Wildman–Crippen MR) is 65.1 cm³/mol. The molecule has 0 atom stereocenters. The highest BCUT2D eigenvalue weighted by atomic mass is 16.4. The number of carboxylic acids is 1. The van der Waals surface area contributed by atoms with Gasteiger partial charge in [-0.15, -0.1) is 0 Å². The van der Waals surface area contributed by atoms with Crippen molar-refractivity contribution in [2.75, 3.05) is 0 Å². The molecule has 0 unspecified atom stereocenters. The number of carboxylic acid groups (broad SMARTS) is 1. The summed E-state index contributed by atoms with van der Waals surface area (Å²) in [5, 5.41) is 11.8. The van der Waals surface area contributed by atoms with Gasteiger partial charge in [0.05, 0.1) is 0 Å². The van der Waals surface area contributed by atoms with E-state index in [1.165, 1.54) is 5.56 Å². The summed E-state index contributed by atoms with van der Waals surface area (Å²) in [5.41, 5.74) is 2.09. The number of carbonyl (C=O) groups is 1. The summed E-state index contributed by atoms with van der Waals surface area (Å²) >= 11 is 0. The number of hydrogen-bond acceptors (Lipinski definition) is 2. The van der Waals surface area contributed by atoms with Gasteiger partial charge < -0.3 is 10.4 Å². The third-order valence-electron chi connectivity index (χ3n) is 2.11. The van der Waals surface area contributed by atoms with E-state index in [-0.39, 0.29) is 0 Å². The fourth-order valence-corrected chi connectivity index (χ4v) is 1.24. The third kappa shape index (κ3) is 4.75. The molecule has 16 heavy (non-hydrogen) atoms. The van der Waals surface area contributed by atoms with Crippen molar-refractivity contribution in [2.24, 2.45) is 0 Å². The highest BCUT2D eigenvalue weighted by molar-refractivity contribution is 5.85. The van der Waals surface area contributed by atoms with Crippen LogP contribution in [0.1, 0.15) is 25.0 Å². The minimum absolute atomic E-state index is 0.464. The van der Waals surface area contributed by atoms with E-state index in [0.29, 0.717) is 6.04 Å². The number of hydrogen-bond donors (Lipinski definition) is 2. The van der Waals surface area contributed by atoms with Gasteiger partial charge in [-0.05, 0) is 17.2 Å². The Morgan fingerprint density at radius 2 is 2.00 bits per heavy atom. The molecule has 0 aromatic heterocycles. The quantitative estimate of drug-likeness (QED) is 0.747. The standard InChI is InChI=1S/C13H17NO2/c1-10(2)14-9-12-5-3-11(4-6-12)7-8-13(15)16/h3-8,10,14H,9H2,1-2H3,(H,15,16)/b8-7-. The summed E-state index contributed by atoms with van der Waals surface area (Å²) in [7, 11) is 0. The lowest BCUT2D eigenvalue weighted by molar-refractivity contribution is -0.131. The van der Waals surface area contributed by atoms with Crippen molar-refractivity contribution >= 4 is 12.0 Å².